The summed E-state index contributed by atoms with van der Waals surface area (Å²) >= 11 is 0. The fourth-order valence-corrected chi connectivity index (χ4v) is 3.65. The van der Waals surface area contributed by atoms with Crippen molar-refractivity contribution >= 4 is 16.9 Å². The molecule has 6 heteroatoms. The predicted molar refractivity (Wildman–Crippen MR) is 97.9 cm³/mol. The molecule has 1 atom stereocenters. The molecule has 0 bridgehead atoms. The molecule has 0 aliphatic carbocycles. The van der Waals surface area contributed by atoms with Gasteiger partial charge in [-0.1, -0.05) is 19.1 Å². The summed E-state index contributed by atoms with van der Waals surface area (Å²) in [5, 5.41) is 4.97. The van der Waals surface area contributed by atoms with Crippen molar-refractivity contribution in [1.82, 2.24) is 19.7 Å². The molecule has 1 fully saturated rings. The quantitative estimate of drug-likeness (QED) is 0.706. The van der Waals surface area contributed by atoms with Crippen LogP contribution in [-0.4, -0.2) is 38.7 Å². The van der Waals surface area contributed by atoms with Crippen LogP contribution in [0, 0.1) is 18.7 Å². The average molecular weight is 352 g/mol. The molecule has 1 aromatic carbocycles. The normalized spacial score (nSPS) is 17.7. The van der Waals surface area contributed by atoms with Gasteiger partial charge in [-0.25, -0.2) is 14.1 Å². The first kappa shape index (κ1) is 16.7. The first-order valence-electron chi connectivity index (χ1n) is 8.94. The molecule has 0 spiro atoms. The second-order valence-corrected chi connectivity index (χ2v) is 7.05. The number of nitrogens with zero attached hydrogens (tertiary/aromatic N) is 4. The Morgan fingerprint density at radius 2 is 2.12 bits per heavy atom. The Labute approximate surface area is 151 Å². The number of hydrogen-bond donors (Lipinski definition) is 0. The van der Waals surface area contributed by atoms with Crippen LogP contribution < -0.4 is 0 Å². The molecule has 0 unspecified atom stereocenters. The summed E-state index contributed by atoms with van der Waals surface area (Å²) in [5.41, 5.74) is 2.13. The highest BCUT2D eigenvalue weighted by atomic mass is 19.1. The zero-order valence-corrected chi connectivity index (χ0v) is 14.9. The van der Waals surface area contributed by atoms with Gasteiger partial charge in [0, 0.05) is 18.8 Å². The largest absolute Gasteiger partial charge is 0.338 e. The lowest BCUT2D eigenvalue weighted by atomic mass is 9.99. The highest BCUT2D eigenvalue weighted by Crippen LogP contribution is 2.25. The smallest absolute Gasteiger partial charge is 0.254 e. The molecular weight excluding hydrogens is 331 g/mol. The number of amides is 1. The molecular formula is C20H21FN4O. The molecule has 1 amide bonds. The molecule has 1 aliphatic heterocycles. The van der Waals surface area contributed by atoms with Crippen molar-refractivity contribution in [3.8, 4) is 5.69 Å². The van der Waals surface area contributed by atoms with Gasteiger partial charge in [0.15, 0.2) is 5.65 Å². The number of fused-ring (bicyclic) bond motifs is 1. The zero-order chi connectivity index (χ0) is 18.3. The zero-order valence-electron chi connectivity index (χ0n) is 14.9. The third-order valence-corrected chi connectivity index (χ3v) is 4.92. The molecule has 3 heterocycles. The van der Waals surface area contributed by atoms with E-state index in [0.29, 0.717) is 33.9 Å². The Bertz CT molecular complexity index is 981. The van der Waals surface area contributed by atoms with E-state index >= 15 is 0 Å². The Kier molecular flexibility index (Phi) is 4.18. The third kappa shape index (κ3) is 2.85. The van der Waals surface area contributed by atoms with Crippen molar-refractivity contribution in [2.24, 2.45) is 5.92 Å². The van der Waals surface area contributed by atoms with Gasteiger partial charge < -0.3 is 4.90 Å². The number of aromatic nitrogens is 3. The van der Waals surface area contributed by atoms with Crippen LogP contribution in [0.25, 0.3) is 16.7 Å². The van der Waals surface area contributed by atoms with E-state index in [1.807, 2.05) is 11.8 Å². The first-order chi connectivity index (χ1) is 12.5. The molecule has 1 saturated heterocycles. The Balaban J connectivity index is 1.82. The van der Waals surface area contributed by atoms with E-state index in [2.05, 4.69) is 17.0 Å². The van der Waals surface area contributed by atoms with Crippen LogP contribution in [0.3, 0.4) is 0 Å². The Morgan fingerprint density at radius 3 is 2.88 bits per heavy atom. The van der Waals surface area contributed by atoms with Crippen LogP contribution in [-0.2, 0) is 0 Å². The molecule has 26 heavy (non-hydrogen) atoms. The van der Waals surface area contributed by atoms with E-state index in [-0.39, 0.29) is 11.7 Å². The standard InChI is InChI=1S/C20H21FN4O/c1-13-6-5-9-24(12-13)20(26)15-10-14(2)23-19-16(15)11-22-25(19)18-8-4-3-7-17(18)21/h3-4,7-8,10-11,13H,5-6,9,12H2,1-2H3/t13-/m0/s1. The highest BCUT2D eigenvalue weighted by Gasteiger charge is 2.25. The summed E-state index contributed by atoms with van der Waals surface area (Å²) in [5.74, 6) is 0.130. The molecule has 0 N–H and O–H groups in total. The second-order valence-electron chi connectivity index (χ2n) is 7.05. The van der Waals surface area contributed by atoms with Gasteiger partial charge in [0.05, 0.1) is 17.1 Å². The number of aryl methyl sites for hydroxylation is 1. The summed E-state index contributed by atoms with van der Waals surface area (Å²) in [4.78, 5) is 19.5. The number of para-hydroxylation sites is 1. The maximum atomic E-state index is 14.2. The lowest BCUT2D eigenvalue weighted by Crippen LogP contribution is -2.39. The number of halogens is 1. The molecule has 5 nitrogen and oxygen atoms in total. The fraction of sp³-hybridized carbons (Fsp3) is 0.350. The van der Waals surface area contributed by atoms with Crippen LogP contribution >= 0.6 is 0 Å². The van der Waals surface area contributed by atoms with Gasteiger partial charge in [-0.3, -0.25) is 4.79 Å². The van der Waals surface area contributed by atoms with Crippen molar-refractivity contribution in [2.45, 2.75) is 26.7 Å². The monoisotopic (exact) mass is 352 g/mol. The van der Waals surface area contributed by atoms with Crippen molar-refractivity contribution in [2.75, 3.05) is 13.1 Å². The van der Waals surface area contributed by atoms with Gasteiger partial charge in [0.25, 0.3) is 5.91 Å². The van der Waals surface area contributed by atoms with Crippen LogP contribution in [0.5, 0.6) is 0 Å². The van der Waals surface area contributed by atoms with Crippen molar-refractivity contribution in [1.29, 1.82) is 0 Å². The van der Waals surface area contributed by atoms with E-state index in [4.69, 9.17) is 0 Å². The number of carbonyl (C=O) groups is 1. The second kappa shape index (κ2) is 6.52. The molecule has 0 radical (unpaired) electrons. The van der Waals surface area contributed by atoms with E-state index in [9.17, 15) is 9.18 Å². The van der Waals surface area contributed by atoms with Crippen molar-refractivity contribution < 1.29 is 9.18 Å². The van der Waals surface area contributed by atoms with Gasteiger partial charge >= 0.3 is 0 Å². The van der Waals surface area contributed by atoms with Crippen LogP contribution in [0.1, 0.15) is 35.8 Å². The van der Waals surface area contributed by atoms with Gasteiger partial charge in [0.1, 0.15) is 11.5 Å². The van der Waals surface area contributed by atoms with Crippen molar-refractivity contribution in [3.63, 3.8) is 0 Å². The summed E-state index contributed by atoms with van der Waals surface area (Å²) in [6.07, 6.45) is 3.78. The lowest BCUT2D eigenvalue weighted by Gasteiger charge is -2.31. The summed E-state index contributed by atoms with van der Waals surface area (Å²) < 4.78 is 15.7. The topological polar surface area (TPSA) is 51.0 Å². The summed E-state index contributed by atoms with van der Waals surface area (Å²) in [7, 11) is 0. The van der Waals surface area contributed by atoms with E-state index in [0.717, 1.165) is 25.9 Å². The van der Waals surface area contributed by atoms with E-state index < -0.39 is 0 Å². The summed E-state index contributed by atoms with van der Waals surface area (Å²) in [6.45, 7) is 5.55. The first-order valence-corrected chi connectivity index (χ1v) is 8.94. The van der Waals surface area contributed by atoms with Crippen molar-refractivity contribution in [3.05, 3.63) is 53.6 Å². The van der Waals surface area contributed by atoms with Gasteiger partial charge in [0.2, 0.25) is 0 Å². The maximum Gasteiger partial charge on any atom is 0.254 e. The predicted octanol–water partition coefficient (Wildman–Crippen LogP) is 3.74. The third-order valence-electron chi connectivity index (χ3n) is 4.92. The number of benzene rings is 1. The summed E-state index contributed by atoms with van der Waals surface area (Å²) in [6, 6.07) is 8.23. The molecule has 0 saturated carbocycles. The van der Waals surface area contributed by atoms with E-state index in [1.165, 1.54) is 10.7 Å². The molecule has 1 aliphatic rings. The van der Waals surface area contributed by atoms with Gasteiger partial charge in [-0.15, -0.1) is 0 Å². The van der Waals surface area contributed by atoms with Crippen LogP contribution in [0.15, 0.2) is 36.5 Å². The lowest BCUT2D eigenvalue weighted by molar-refractivity contribution is 0.0685. The fourth-order valence-electron chi connectivity index (χ4n) is 3.65. The average Bonchev–Trinajstić information content (AvgIpc) is 3.04. The Morgan fingerprint density at radius 1 is 1.31 bits per heavy atom. The van der Waals surface area contributed by atoms with Crippen LogP contribution in [0.2, 0.25) is 0 Å². The molecule has 134 valence electrons. The van der Waals surface area contributed by atoms with Gasteiger partial charge in [-0.2, -0.15) is 5.10 Å². The minimum atomic E-state index is -0.376. The number of rotatable bonds is 2. The maximum absolute atomic E-state index is 14.2. The number of hydrogen-bond acceptors (Lipinski definition) is 3. The number of pyridine rings is 1. The minimum absolute atomic E-state index is 0.000124. The molecule has 3 aromatic rings. The van der Waals surface area contributed by atoms with Crippen LogP contribution in [0.4, 0.5) is 4.39 Å². The van der Waals surface area contributed by atoms with E-state index in [1.54, 1.807) is 30.5 Å². The number of piperidine rings is 1. The Hall–Kier alpha value is -2.76. The SMILES string of the molecule is Cc1cc(C(=O)N2CCC[C@H](C)C2)c2cnn(-c3ccccc3F)c2n1. The minimum Gasteiger partial charge on any atom is -0.338 e. The molecule has 2 aromatic heterocycles. The van der Waals surface area contributed by atoms with Gasteiger partial charge in [-0.05, 0) is 43.9 Å². The number of likely N-dealkylation sites (tertiary alicyclic amines) is 1. The highest BCUT2D eigenvalue weighted by molar-refractivity contribution is 6.05. The number of carbonyl (C=O) groups excluding carboxylic acids is 1. The molecule has 4 rings (SSSR count).